The lowest BCUT2D eigenvalue weighted by atomic mass is 10.1. The SMILES string of the molecule is CC(C)(C(=O)O)n1cc(NC(=O)C2=NN(c3ccccc3)C(=O)CC2)cn1. The first-order valence-electron chi connectivity index (χ1n) is 8.34. The highest BCUT2D eigenvalue weighted by Crippen LogP contribution is 2.21. The number of aliphatic carboxylic acids is 1. The summed E-state index contributed by atoms with van der Waals surface area (Å²) in [6.45, 7) is 3.00. The van der Waals surface area contributed by atoms with Gasteiger partial charge in [0.25, 0.3) is 5.91 Å². The normalized spacial score (nSPS) is 14.7. The fourth-order valence-electron chi connectivity index (χ4n) is 2.48. The molecule has 2 heterocycles. The Bertz CT molecular complexity index is 917. The summed E-state index contributed by atoms with van der Waals surface area (Å²) >= 11 is 0. The van der Waals surface area contributed by atoms with Crippen molar-refractivity contribution in [2.75, 3.05) is 10.3 Å². The summed E-state index contributed by atoms with van der Waals surface area (Å²) in [5.74, 6) is -1.69. The van der Waals surface area contributed by atoms with E-state index >= 15 is 0 Å². The maximum absolute atomic E-state index is 12.5. The fraction of sp³-hybridized carbons (Fsp3) is 0.278. The number of hydrogen-bond donors (Lipinski definition) is 2. The zero-order valence-electron chi connectivity index (χ0n) is 14.9. The van der Waals surface area contributed by atoms with Gasteiger partial charge >= 0.3 is 5.97 Å². The van der Waals surface area contributed by atoms with Crippen LogP contribution < -0.4 is 10.3 Å². The van der Waals surface area contributed by atoms with Crippen LogP contribution in [-0.4, -0.2) is 38.4 Å². The van der Waals surface area contributed by atoms with Gasteiger partial charge in [0, 0.05) is 19.0 Å². The van der Waals surface area contributed by atoms with E-state index in [0.29, 0.717) is 11.4 Å². The number of carboxylic acids is 1. The first kappa shape index (κ1) is 18.3. The van der Waals surface area contributed by atoms with Gasteiger partial charge in [-0.05, 0) is 26.0 Å². The highest BCUT2D eigenvalue weighted by molar-refractivity contribution is 6.44. The van der Waals surface area contributed by atoms with Gasteiger partial charge in [0.1, 0.15) is 5.71 Å². The van der Waals surface area contributed by atoms with Crippen LogP contribution in [0.25, 0.3) is 0 Å². The predicted octanol–water partition coefficient (Wildman–Crippen LogP) is 1.82. The number of hydrogen-bond acceptors (Lipinski definition) is 5. The van der Waals surface area contributed by atoms with Gasteiger partial charge < -0.3 is 10.4 Å². The molecule has 27 heavy (non-hydrogen) atoms. The molecule has 2 amide bonds. The van der Waals surface area contributed by atoms with Crippen LogP contribution in [0.5, 0.6) is 0 Å². The molecular formula is C18H19N5O4. The van der Waals surface area contributed by atoms with E-state index in [0.717, 1.165) is 0 Å². The van der Waals surface area contributed by atoms with Crippen LogP contribution in [0, 0.1) is 0 Å². The van der Waals surface area contributed by atoms with Crippen LogP contribution in [-0.2, 0) is 19.9 Å². The third-order valence-corrected chi connectivity index (χ3v) is 4.23. The molecule has 1 aromatic carbocycles. The van der Waals surface area contributed by atoms with Gasteiger partial charge in [0.2, 0.25) is 5.91 Å². The van der Waals surface area contributed by atoms with Crippen LogP contribution in [0.15, 0.2) is 47.8 Å². The van der Waals surface area contributed by atoms with Gasteiger partial charge in [-0.3, -0.25) is 14.3 Å². The Labute approximate surface area is 155 Å². The van der Waals surface area contributed by atoms with Crippen molar-refractivity contribution in [2.45, 2.75) is 32.2 Å². The molecule has 2 N–H and O–H groups in total. The van der Waals surface area contributed by atoms with Gasteiger partial charge in [-0.2, -0.15) is 10.2 Å². The zero-order chi connectivity index (χ0) is 19.6. The molecule has 0 saturated heterocycles. The van der Waals surface area contributed by atoms with E-state index in [1.807, 2.05) is 6.07 Å². The third kappa shape index (κ3) is 3.71. The van der Waals surface area contributed by atoms with Crippen molar-refractivity contribution < 1.29 is 19.5 Å². The smallest absolute Gasteiger partial charge is 0.331 e. The van der Waals surface area contributed by atoms with Gasteiger partial charge in [-0.25, -0.2) is 9.80 Å². The Hall–Kier alpha value is -3.49. The van der Waals surface area contributed by atoms with E-state index < -0.39 is 17.4 Å². The first-order chi connectivity index (χ1) is 12.8. The number of carbonyl (C=O) groups is 3. The molecule has 1 aromatic heterocycles. The molecule has 140 valence electrons. The van der Waals surface area contributed by atoms with Crippen molar-refractivity contribution in [1.82, 2.24) is 9.78 Å². The maximum Gasteiger partial charge on any atom is 0.331 e. The van der Waals surface area contributed by atoms with Crippen LogP contribution in [0.2, 0.25) is 0 Å². The zero-order valence-corrected chi connectivity index (χ0v) is 14.9. The van der Waals surface area contributed by atoms with Gasteiger partial charge in [-0.15, -0.1) is 0 Å². The largest absolute Gasteiger partial charge is 0.479 e. The highest BCUT2D eigenvalue weighted by Gasteiger charge is 2.31. The topological polar surface area (TPSA) is 117 Å². The van der Waals surface area contributed by atoms with Gasteiger partial charge in [0.15, 0.2) is 5.54 Å². The predicted molar refractivity (Wildman–Crippen MR) is 98.4 cm³/mol. The van der Waals surface area contributed by atoms with Crippen molar-refractivity contribution in [3.8, 4) is 0 Å². The van der Waals surface area contributed by atoms with Gasteiger partial charge in [-0.1, -0.05) is 18.2 Å². The van der Waals surface area contributed by atoms with Crippen molar-refractivity contribution in [1.29, 1.82) is 0 Å². The summed E-state index contributed by atoms with van der Waals surface area (Å²) in [6, 6.07) is 8.86. The molecule has 0 spiro atoms. The molecule has 0 atom stereocenters. The second kappa shape index (κ2) is 7.02. The van der Waals surface area contributed by atoms with Crippen LogP contribution in [0.3, 0.4) is 0 Å². The molecule has 3 rings (SSSR count). The van der Waals surface area contributed by atoms with Crippen LogP contribution in [0.4, 0.5) is 11.4 Å². The number of benzene rings is 1. The van der Waals surface area contributed by atoms with E-state index in [4.69, 9.17) is 0 Å². The lowest BCUT2D eigenvalue weighted by Crippen LogP contribution is -2.36. The minimum Gasteiger partial charge on any atom is -0.479 e. The quantitative estimate of drug-likeness (QED) is 0.834. The summed E-state index contributed by atoms with van der Waals surface area (Å²) in [5, 5.41) is 21.3. The number of nitrogens with one attached hydrogen (secondary N) is 1. The minimum atomic E-state index is -1.25. The van der Waals surface area contributed by atoms with E-state index in [1.54, 1.807) is 24.3 Å². The second-order valence-electron chi connectivity index (χ2n) is 6.58. The third-order valence-electron chi connectivity index (χ3n) is 4.23. The van der Waals surface area contributed by atoms with Crippen LogP contribution in [0.1, 0.15) is 26.7 Å². The van der Waals surface area contributed by atoms with Crippen LogP contribution >= 0.6 is 0 Å². The molecule has 2 aromatic rings. The summed E-state index contributed by atoms with van der Waals surface area (Å²) in [4.78, 5) is 35.9. The molecule has 1 aliphatic heterocycles. The van der Waals surface area contributed by atoms with Gasteiger partial charge in [0.05, 0.1) is 17.6 Å². The van der Waals surface area contributed by atoms with Crippen molar-refractivity contribution in [3.63, 3.8) is 0 Å². The first-order valence-corrected chi connectivity index (χ1v) is 8.34. The molecule has 0 saturated carbocycles. The summed E-state index contributed by atoms with van der Waals surface area (Å²) in [6.07, 6.45) is 3.21. The Kier molecular flexibility index (Phi) is 4.76. The van der Waals surface area contributed by atoms with Crippen molar-refractivity contribution in [3.05, 3.63) is 42.7 Å². The van der Waals surface area contributed by atoms with E-state index in [1.165, 1.54) is 35.9 Å². The molecule has 1 aliphatic rings. The minimum absolute atomic E-state index is 0.173. The standard InChI is InChI=1S/C18H19N5O4/c1-18(2,17(26)27)22-11-12(10-19-22)20-16(25)14-8-9-15(24)23(21-14)13-6-4-3-5-7-13/h3-7,10-11H,8-9H2,1-2H3,(H,20,25)(H,26,27). The monoisotopic (exact) mass is 369 g/mol. The number of carboxylic acid groups (broad SMARTS) is 1. The molecule has 9 nitrogen and oxygen atoms in total. The number of aromatic nitrogens is 2. The van der Waals surface area contributed by atoms with E-state index in [2.05, 4.69) is 15.5 Å². The lowest BCUT2D eigenvalue weighted by molar-refractivity contribution is -0.146. The molecule has 0 unspecified atom stereocenters. The van der Waals surface area contributed by atoms with Crippen molar-refractivity contribution >= 4 is 34.9 Å². The molecule has 9 heteroatoms. The Morgan fingerprint density at radius 3 is 2.56 bits per heavy atom. The molecule has 0 aliphatic carbocycles. The molecular weight excluding hydrogens is 350 g/mol. The van der Waals surface area contributed by atoms with Crippen molar-refractivity contribution in [2.24, 2.45) is 5.10 Å². The molecule has 0 bridgehead atoms. The molecule has 0 radical (unpaired) electrons. The lowest BCUT2D eigenvalue weighted by Gasteiger charge is -2.23. The number of carbonyl (C=O) groups excluding carboxylic acids is 2. The average molecular weight is 369 g/mol. The summed E-state index contributed by atoms with van der Waals surface area (Å²) < 4.78 is 1.26. The maximum atomic E-state index is 12.5. The number of nitrogens with zero attached hydrogens (tertiary/aromatic N) is 4. The number of anilines is 2. The van der Waals surface area contributed by atoms with E-state index in [-0.39, 0.29) is 24.5 Å². The number of rotatable bonds is 5. The molecule has 0 fully saturated rings. The number of hydrazone groups is 1. The highest BCUT2D eigenvalue weighted by atomic mass is 16.4. The Morgan fingerprint density at radius 1 is 1.19 bits per heavy atom. The number of para-hydroxylation sites is 1. The Balaban J connectivity index is 1.77. The average Bonchev–Trinajstić information content (AvgIpc) is 3.12. The summed E-state index contributed by atoms with van der Waals surface area (Å²) in [5.41, 5.74) is -0.102. The summed E-state index contributed by atoms with van der Waals surface area (Å²) in [7, 11) is 0. The number of amides is 2. The van der Waals surface area contributed by atoms with E-state index in [9.17, 15) is 19.5 Å². The second-order valence-corrected chi connectivity index (χ2v) is 6.58. The fourth-order valence-corrected chi connectivity index (χ4v) is 2.48. The Morgan fingerprint density at radius 2 is 1.89 bits per heavy atom.